The molecule has 0 rings (SSSR count). The van der Waals surface area contributed by atoms with Gasteiger partial charge in [0.2, 0.25) is 0 Å². The van der Waals surface area contributed by atoms with Crippen LogP contribution in [0.4, 0.5) is 4.79 Å². The van der Waals surface area contributed by atoms with Crippen LogP contribution in [0.1, 0.15) is 0 Å². The van der Waals surface area contributed by atoms with E-state index < -0.39 is 4.87 Å². The molecule has 0 bridgehead atoms. The number of carbonyl (C=O) groups is 1. The second kappa shape index (κ2) is 4.21. The second-order valence-electron chi connectivity index (χ2n) is 0.243. The summed E-state index contributed by atoms with van der Waals surface area (Å²) in [5, 5.41) is 7.31. The summed E-state index contributed by atoms with van der Waals surface area (Å²) in [4.78, 5) is 7.81. The molecule has 0 aromatic heterocycles. The van der Waals surface area contributed by atoms with E-state index >= 15 is 0 Å². The van der Waals surface area contributed by atoms with Gasteiger partial charge in [0.15, 0.2) is 0 Å². The van der Waals surface area contributed by atoms with Crippen LogP contribution in [0.25, 0.3) is 0 Å². The Balaban J connectivity index is 0. The molecule has 4 heteroatoms. The van der Waals surface area contributed by atoms with Crippen molar-refractivity contribution in [3.8, 4) is 0 Å². The van der Waals surface area contributed by atoms with E-state index in [1.54, 1.807) is 0 Å². The molecule has 0 aliphatic heterocycles. The molecule has 29 valence electrons. The smallest absolute Gasteiger partial charge is 0 e. The van der Waals surface area contributed by atoms with Gasteiger partial charge in [0.25, 0.3) is 0 Å². The Morgan fingerprint density at radius 3 is 1.80 bits per heavy atom. The van der Waals surface area contributed by atoms with Crippen LogP contribution in [0.3, 0.4) is 0 Å². The maximum Gasteiger partial charge on any atom is 0 e. The molecule has 0 aromatic carbocycles. The number of hydrogen-bond donors (Lipinski definition) is 1. The van der Waals surface area contributed by atoms with Crippen molar-refractivity contribution in [1.29, 1.82) is 0 Å². The first-order valence-corrected chi connectivity index (χ1v) is 1.16. The number of rotatable bonds is 0. The molecule has 0 aliphatic rings. The van der Waals surface area contributed by atoms with Gasteiger partial charge in [-0.3, -0.25) is 0 Å². The van der Waals surface area contributed by atoms with Gasteiger partial charge in [-0.25, -0.2) is 0 Å². The number of hydrogen-bond acceptors (Lipinski definition) is 1. The Bertz CT molecular complexity index is 32.6. The fourth-order valence-corrected chi connectivity index (χ4v) is 0. The normalized spacial score (nSPS) is 5.00. The van der Waals surface area contributed by atoms with Gasteiger partial charge in [0.05, 0.1) is 0 Å². The van der Waals surface area contributed by atoms with Gasteiger partial charge in [-0.05, 0) is 0 Å². The third-order valence-electron chi connectivity index (χ3n) is 0. The Kier molecular flexibility index (Phi) is 7.54. The van der Waals surface area contributed by atoms with Crippen LogP contribution in [0, 0.1) is 0 Å². The molecule has 0 aromatic rings. The predicted octanol–water partition coefficient (Wildman–Crippen LogP) is -0.170. The fourth-order valence-electron chi connectivity index (χ4n) is 0. The number of carboxylic acid groups (broad SMARTS) is 1. The Morgan fingerprint density at radius 1 is 1.80 bits per heavy atom. The average Bonchev–Trinajstić information content (AvgIpc) is 0.811. The standard InChI is InChI=1S/CHO2.Fe.Si/c2-1-3;;/h(H,2,3);;. The molecular weight excluding hydrogens is 128 g/mol. The predicted molar refractivity (Wildman–Crippen MR) is 13.8 cm³/mol. The van der Waals surface area contributed by atoms with Gasteiger partial charge in [-0.1, -0.05) is 0 Å². The minimum atomic E-state index is -1.08. The molecule has 0 fully saturated rings. The molecule has 0 heterocycles. The summed E-state index contributed by atoms with van der Waals surface area (Å²) in [5.74, 6) is 0. The van der Waals surface area contributed by atoms with E-state index in [0.717, 1.165) is 0 Å². The molecule has 5 heavy (non-hydrogen) atoms. The van der Waals surface area contributed by atoms with Crippen LogP contribution in [0.2, 0.25) is 0 Å². The van der Waals surface area contributed by atoms with Crippen LogP contribution in [0.5, 0.6) is 0 Å². The first-order valence-electron chi connectivity index (χ1n) is 0.605. The van der Waals surface area contributed by atoms with Crippen molar-refractivity contribution in [2.24, 2.45) is 0 Å². The monoisotopic (exact) mass is 129 g/mol. The Labute approximate surface area is 42.4 Å². The third kappa shape index (κ3) is 481. The molecular formula is CHFeO2Si. The van der Waals surface area contributed by atoms with Gasteiger partial charge in [0.1, 0.15) is 0 Å². The summed E-state index contributed by atoms with van der Waals surface area (Å²) in [7, 11) is 0. The topological polar surface area (TPSA) is 37.3 Å². The summed E-state index contributed by atoms with van der Waals surface area (Å²) >= 11 is 2.56. The Morgan fingerprint density at radius 2 is 1.80 bits per heavy atom. The van der Waals surface area contributed by atoms with E-state index in [0.29, 0.717) is 0 Å². The van der Waals surface area contributed by atoms with E-state index in [9.17, 15) is 0 Å². The Hall–Kier alpha value is 0.206. The molecule has 0 amide bonds. The summed E-state index contributed by atoms with van der Waals surface area (Å²) in [6, 6.07) is 0. The minimum absolute atomic E-state index is 0. The molecule has 1 N–H and O–H groups in total. The molecule has 0 spiro atoms. The van der Waals surface area contributed by atoms with Gasteiger partial charge >= 0.3 is 30.8 Å². The summed E-state index contributed by atoms with van der Waals surface area (Å²) < 4.78 is 0. The summed E-state index contributed by atoms with van der Waals surface area (Å²) in [6.45, 7) is 0. The zero-order valence-corrected chi connectivity index (χ0v) is 4.31. The molecule has 4 radical (unpaired) electrons. The van der Waals surface area contributed by atoms with E-state index in [4.69, 9.17) is 9.90 Å². The fraction of sp³-hybridized carbons (Fsp3) is 0. The van der Waals surface area contributed by atoms with Crippen LogP contribution < -0.4 is 0 Å². The zero-order valence-electron chi connectivity index (χ0n) is 2.21. The summed E-state index contributed by atoms with van der Waals surface area (Å²) in [6.07, 6.45) is 0. The van der Waals surface area contributed by atoms with Crippen LogP contribution >= 0.6 is 0 Å². The quantitative estimate of drug-likeness (QED) is 0.461. The van der Waals surface area contributed by atoms with Crippen molar-refractivity contribution in [2.45, 2.75) is 0 Å². The largest absolute Gasteiger partial charge is 0 e. The zero-order chi connectivity index (χ0) is 3.58. The maximum absolute atomic E-state index is 8.89. The third-order valence-corrected chi connectivity index (χ3v) is 0. The van der Waals surface area contributed by atoms with Crippen LogP contribution in [0.15, 0.2) is 0 Å². The van der Waals surface area contributed by atoms with Gasteiger partial charge < -0.3 is 0 Å². The van der Waals surface area contributed by atoms with E-state index in [1.807, 2.05) is 0 Å². The van der Waals surface area contributed by atoms with Gasteiger partial charge in [0, 0.05) is 11.0 Å². The van der Waals surface area contributed by atoms with Gasteiger partial charge in [-0.15, -0.1) is 0 Å². The minimum Gasteiger partial charge on any atom is 0 e. The summed E-state index contributed by atoms with van der Waals surface area (Å²) in [5.41, 5.74) is 0. The van der Waals surface area contributed by atoms with E-state index in [1.165, 1.54) is 0 Å². The maximum atomic E-state index is 8.89. The van der Waals surface area contributed by atoms with Crippen molar-refractivity contribution in [3.05, 3.63) is 0 Å². The molecule has 0 unspecified atom stereocenters. The van der Waals surface area contributed by atoms with E-state index in [2.05, 4.69) is 16.0 Å². The molecule has 0 saturated heterocycles. The van der Waals surface area contributed by atoms with Crippen molar-refractivity contribution < 1.29 is 25.9 Å². The first-order chi connectivity index (χ1) is 1.73. The molecule has 0 atom stereocenters. The molecule has 0 aliphatic carbocycles. The van der Waals surface area contributed by atoms with E-state index in [-0.39, 0.29) is 11.0 Å². The average molecular weight is 129 g/mol. The van der Waals surface area contributed by atoms with Crippen LogP contribution in [-0.4, -0.2) is 20.9 Å². The van der Waals surface area contributed by atoms with Crippen molar-refractivity contribution >= 4 is 15.8 Å². The first kappa shape index (κ1) is 8.96. The SMILES string of the molecule is O=[C](O)[Fe].[Si]. The van der Waals surface area contributed by atoms with Crippen molar-refractivity contribution in [2.75, 3.05) is 0 Å². The van der Waals surface area contributed by atoms with Crippen LogP contribution in [-0.2, 0) is 16.0 Å². The van der Waals surface area contributed by atoms with Gasteiger partial charge in [-0.2, -0.15) is 0 Å². The molecule has 2 nitrogen and oxygen atoms in total. The van der Waals surface area contributed by atoms with Crippen molar-refractivity contribution in [3.63, 3.8) is 0 Å². The molecule has 0 saturated carbocycles. The van der Waals surface area contributed by atoms with Crippen molar-refractivity contribution in [1.82, 2.24) is 0 Å². The second-order valence-corrected chi connectivity index (χ2v) is 0.715.